The second kappa shape index (κ2) is 35.5. The van der Waals surface area contributed by atoms with Crippen LogP contribution < -0.4 is 5.73 Å². The van der Waals surface area contributed by atoms with Gasteiger partial charge in [0, 0.05) is 12.8 Å². The summed E-state index contributed by atoms with van der Waals surface area (Å²) in [4.78, 5) is 45.5. The predicted molar refractivity (Wildman–Crippen MR) is 208 cm³/mol. The minimum atomic E-state index is -4.72. The quantitative estimate of drug-likeness (QED) is 0.0241. The summed E-state index contributed by atoms with van der Waals surface area (Å²) >= 11 is 0. The third-order valence-corrected chi connectivity index (χ3v) is 9.03. The van der Waals surface area contributed by atoms with E-state index in [9.17, 15) is 23.8 Å². The SMILES string of the molecule is CCCCCCCCC/C=C/C/C=C/C/C=C/C/C=C/CCCC(=O)OC[C@@H](COP(=O)(O)OC[C@H](N)C(=O)O)OC(=O)CCCCCCCCC. The molecule has 4 N–H and O–H groups in total. The number of allylic oxidation sites excluding steroid dienone is 8. The first-order chi connectivity index (χ1) is 25.1. The molecule has 1 unspecified atom stereocenters. The van der Waals surface area contributed by atoms with Gasteiger partial charge in [-0.1, -0.05) is 140 Å². The molecular formula is C40H70NO10P. The van der Waals surface area contributed by atoms with Crippen molar-refractivity contribution in [3.05, 3.63) is 48.6 Å². The van der Waals surface area contributed by atoms with E-state index in [1.165, 1.54) is 57.8 Å². The third-order valence-electron chi connectivity index (χ3n) is 8.08. The molecule has 0 amide bonds. The maximum Gasteiger partial charge on any atom is 0.472 e. The lowest BCUT2D eigenvalue weighted by Gasteiger charge is -2.20. The van der Waals surface area contributed by atoms with E-state index in [0.717, 1.165) is 51.4 Å². The smallest absolute Gasteiger partial charge is 0.472 e. The number of aliphatic carboxylic acids is 1. The van der Waals surface area contributed by atoms with Crippen molar-refractivity contribution >= 4 is 25.7 Å². The zero-order chi connectivity index (χ0) is 38.5. The first kappa shape index (κ1) is 49.4. The van der Waals surface area contributed by atoms with E-state index >= 15 is 0 Å². The number of carbonyl (C=O) groups is 3. The molecule has 0 saturated heterocycles. The van der Waals surface area contributed by atoms with Crippen LogP contribution in [0.15, 0.2) is 48.6 Å². The third kappa shape index (κ3) is 34.5. The predicted octanol–water partition coefficient (Wildman–Crippen LogP) is 9.83. The average molecular weight is 756 g/mol. The minimum Gasteiger partial charge on any atom is -0.480 e. The number of hydrogen-bond donors (Lipinski definition) is 3. The largest absolute Gasteiger partial charge is 0.480 e. The summed E-state index contributed by atoms with van der Waals surface area (Å²) in [6, 6.07) is -1.53. The van der Waals surface area contributed by atoms with Crippen molar-refractivity contribution in [2.45, 2.75) is 167 Å². The summed E-state index contributed by atoms with van der Waals surface area (Å²) in [5.74, 6) is -2.46. The second-order valence-corrected chi connectivity index (χ2v) is 14.5. The molecule has 12 heteroatoms. The molecule has 0 saturated carbocycles. The number of nitrogens with two attached hydrogens (primary N) is 1. The Hall–Kier alpha value is -2.56. The standard InChI is InChI=1S/C40H70NO10P/c1-3-5-7-9-11-12-13-14-15-16-17-18-19-20-21-22-23-24-26-27-29-31-38(42)48-33-36(34-49-52(46,47)50-35-37(41)40(44)45)51-39(43)32-30-28-25-10-8-6-4-2/h15-16,18-19,21-22,24,26,36-37H,3-14,17,20,23,25,27-35,41H2,1-2H3,(H,44,45)(H,46,47)/b16-15+,19-18+,22-21+,26-24+/t36-,37-/m0/s1. The number of phosphoric ester groups is 1. The van der Waals surface area contributed by atoms with Crippen molar-refractivity contribution in [1.29, 1.82) is 0 Å². The van der Waals surface area contributed by atoms with Gasteiger partial charge in [-0.05, 0) is 51.4 Å². The number of phosphoric acid groups is 1. The number of rotatable bonds is 36. The fraction of sp³-hybridized carbons (Fsp3) is 0.725. The Morgan fingerprint density at radius 2 is 1.04 bits per heavy atom. The van der Waals surface area contributed by atoms with Gasteiger partial charge in [0.05, 0.1) is 13.2 Å². The Morgan fingerprint density at radius 1 is 0.596 bits per heavy atom. The zero-order valence-electron chi connectivity index (χ0n) is 32.1. The highest BCUT2D eigenvalue weighted by molar-refractivity contribution is 7.47. The summed E-state index contributed by atoms with van der Waals surface area (Å²) < 4.78 is 32.4. The van der Waals surface area contributed by atoms with Gasteiger partial charge >= 0.3 is 25.7 Å². The van der Waals surface area contributed by atoms with Crippen LogP contribution in [-0.4, -0.2) is 59.9 Å². The summed E-state index contributed by atoms with van der Waals surface area (Å²) in [6.45, 7) is 2.66. The molecular weight excluding hydrogens is 685 g/mol. The van der Waals surface area contributed by atoms with Crippen molar-refractivity contribution in [3.8, 4) is 0 Å². The Morgan fingerprint density at radius 3 is 1.58 bits per heavy atom. The van der Waals surface area contributed by atoms with Gasteiger partial charge in [0.15, 0.2) is 6.10 Å². The van der Waals surface area contributed by atoms with E-state index in [1.807, 2.05) is 6.08 Å². The van der Waals surface area contributed by atoms with Crippen LogP contribution in [0, 0.1) is 0 Å². The van der Waals surface area contributed by atoms with Gasteiger partial charge in [0.25, 0.3) is 0 Å². The van der Waals surface area contributed by atoms with E-state index in [2.05, 4.69) is 60.9 Å². The highest BCUT2D eigenvalue weighted by Gasteiger charge is 2.28. The Labute approximate surface area is 314 Å². The van der Waals surface area contributed by atoms with Crippen LogP contribution in [-0.2, 0) is 37.5 Å². The first-order valence-corrected chi connectivity index (χ1v) is 21.2. The fourth-order valence-corrected chi connectivity index (χ4v) is 5.72. The number of carboxylic acids is 1. The van der Waals surface area contributed by atoms with Crippen LogP contribution in [0.25, 0.3) is 0 Å². The van der Waals surface area contributed by atoms with Crippen molar-refractivity contribution in [3.63, 3.8) is 0 Å². The van der Waals surface area contributed by atoms with E-state index in [1.54, 1.807) is 0 Å². The first-order valence-electron chi connectivity index (χ1n) is 19.7. The second-order valence-electron chi connectivity index (χ2n) is 13.1. The number of hydrogen-bond acceptors (Lipinski definition) is 9. The summed E-state index contributed by atoms with van der Waals surface area (Å²) in [5, 5.41) is 8.84. The lowest BCUT2D eigenvalue weighted by Crippen LogP contribution is -2.34. The topological polar surface area (TPSA) is 172 Å². The van der Waals surface area contributed by atoms with Gasteiger partial charge in [-0.3, -0.25) is 23.4 Å². The molecule has 0 spiro atoms. The highest BCUT2D eigenvalue weighted by Crippen LogP contribution is 2.43. The van der Waals surface area contributed by atoms with Crippen LogP contribution in [0.4, 0.5) is 0 Å². The Bertz CT molecular complexity index is 1070. The molecule has 0 rings (SSSR count). The van der Waals surface area contributed by atoms with Crippen LogP contribution in [0.5, 0.6) is 0 Å². The summed E-state index contributed by atoms with van der Waals surface area (Å²) in [7, 11) is -4.72. The molecule has 0 radical (unpaired) electrons. The number of esters is 2. The van der Waals surface area contributed by atoms with Crippen molar-refractivity contribution in [2.75, 3.05) is 19.8 Å². The molecule has 3 atom stereocenters. The van der Waals surface area contributed by atoms with E-state index in [4.69, 9.17) is 24.8 Å². The lowest BCUT2D eigenvalue weighted by molar-refractivity contribution is -0.161. The number of unbranched alkanes of at least 4 members (excludes halogenated alkanes) is 14. The van der Waals surface area contributed by atoms with Crippen molar-refractivity contribution < 1.29 is 47.5 Å². The van der Waals surface area contributed by atoms with E-state index < -0.39 is 51.1 Å². The Kier molecular flexibility index (Phi) is 33.7. The van der Waals surface area contributed by atoms with Gasteiger partial charge in [-0.15, -0.1) is 0 Å². The van der Waals surface area contributed by atoms with Crippen molar-refractivity contribution in [2.24, 2.45) is 5.73 Å². The van der Waals surface area contributed by atoms with E-state index in [-0.39, 0.29) is 19.4 Å². The van der Waals surface area contributed by atoms with Gasteiger partial charge in [0.2, 0.25) is 0 Å². The average Bonchev–Trinajstić information content (AvgIpc) is 3.12. The normalized spacial score (nSPS) is 14.4. The summed E-state index contributed by atoms with van der Waals surface area (Å²) in [5.41, 5.74) is 5.30. The van der Waals surface area contributed by atoms with Crippen LogP contribution in [0.2, 0.25) is 0 Å². The van der Waals surface area contributed by atoms with Crippen LogP contribution in [0.1, 0.15) is 155 Å². The molecule has 0 heterocycles. The molecule has 0 aliphatic carbocycles. The molecule has 0 aromatic rings. The molecule has 0 aliphatic rings. The molecule has 0 aliphatic heterocycles. The van der Waals surface area contributed by atoms with Crippen LogP contribution >= 0.6 is 7.82 Å². The maximum absolute atomic E-state index is 12.4. The Balaban J connectivity index is 4.38. The molecule has 0 bridgehead atoms. The van der Waals surface area contributed by atoms with E-state index in [0.29, 0.717) is 19.3 Å². The lowest BCUT2D eigenvalue weighted by atomic mass is 10.1. The maximum atomic E-state index is 12.4. The number of carboxylic acid groups (broad SMARTS) is 1. The molecule has 0 aromatic carbocycles. The molecule has 300 valence electrons. The number of ether oxygens (including phenoxy) is 2. The molecule has 0 fully saturated rings. The summed E-state index contributed by atoms with van der Waals surface area (Å²) in [6.07, 6.45) is 38.0. The molecule has 11 nitrogen and oxygen atoms in total. The van der Waals surface area contributed by atoms with Gasteiger partial charge < -0.3 is 25.2 Å². The van der Waals surface area contributed by atoms with Crippen molar-refractivity contribution in [1.82, 2.24) is 0 Å². The van der Waals surface area contributed by atoms with Gasteiger partial charge in [0.1, 0.15) is 12.6 Å². The fourth-order valence-electron chi connectivity index (χ4n) is 4.94. The minimum absolute atomic E-state index is 0.146. The molecule has 0 aromatic heterocycles. The van der Waals surface area contributed by atoms with Crippen LogP contribution in [0.3, 0.4) is 0 Å². The highest BCUT2D eigenvalue weighted by atomic mass is 31.2. The zero-order valence-corrected chi connectivity index (χ0v) is 33.0. The monoisotopic (exact) mass is 755 g/mol. The van der Waals surface area contributed by atoms with Gasteiger partial charge in [-0.2, -0.15) is 0 Å². The molecule has 52 heavy (non-hydrogen) atoms. The number of carbonyl (C=O) groups excluding carboxylic acids is 2. The van der Waals surface area contributed by atoms with Gasteiger partial charge in [-0.25, -0.2) is 4.57 Å².